The molecule has 0 bridgehead atoms. The average Bonchev–Trinajstić information content (AvgIpc) is 2.76. The highest BCUT2D eigenvalue weighted by atomic mass is 35.5. The summed E-state index contributed by atoms with van der Waals surface area (Å²) < 4.78 is 29.7. The molecule has 2 heterocycles. The highest BCUT2D eigenvalue weighted by Crippen LogP contribution is 2.38. The molecule has 3 rings (SSSR count). The first kappa shape index (κ1) is 17.3. The maximum Gasteiger partial charge on any atom is 0.246 e. The monoisotopic (exact) mass is 370 g/mol. The largest absolute Gasteiger partial charge is 0.393 e. The molecule has 0 amide bonds. The van der Waals surface area contributed by atoms with Gasteiger partial charge < -0.3 is 5.11 Å². The van der Waals surface area contributed by atoms with E-state index in [1.165, 1.54) is 4.68 Å². The third-order valence-electron chi connectivity index (χ3n) is 4.28. The molecule has 2 N–H and O–H groups in total. The molecule has 2 aromatic rings. The number of nitrogens with zero attached hydrogens (tertiary/aromatic N) is 3. The molecule has 24 heavy (non-hydrogen) atoms. The third kappa shape index (κ3) is 3.19. The van der Waals surface area contributed by atoms with Crippen molar-refractivity contribution in [1.29, 1.82) is 0 Å². The van der Waals surface area contributed by atoms with Gasteiger partial charge in [0.15, 0.2) is 0 Å². The van der Waals surface area contributed by atoms with Crippen molar-refractivity contribution < 1.29 is 13.5 Å². The zero-order valence-corrected chi connectivity index (χ0v) is 14.9. The van der Waals surface area contributed by atoms with E-state index in [1.54, 1.807) is 38.4 Å². The lowest BCUT2D eigenvalue weighted by Crippen LogP contribution is -2.41. The summed E-state index contributed by atoms with van der Waals surface area (Å²) in [4.78, 5) is 4.25. The van der Waals surface area contributed by atoms with Crippen LogP contribution in [0.3, 0.4) is 0 Å². The molecule has 0 aromatic carbocycles. The minimum absolute atomic E-state index is 0.0135. The van der Waals surface area contributed by atoms with Gasteiger partial charge in [-0.2, -0.15) is 5.10 Å². The lowest BCUT2D eigenvalue weighted by molar-refractivity contribution is 0.0273. The zero-order valence-electron chi connectivity index (χ0n) is 13.3. The van der Waals surface area contributed by atoms with Crippen LogP contribution in [-0.2, 0) is 17.1 Å². The Hall–Kier alpha value is -1.48. The second-order valence-corrected chi connectivity index (χ2v) is 8.08. The first-order valence-electron chi connectivity index (χ1n) is 7.60. The number of rotatable bonds is 5. The fraction of sp³-hybridized carbons (Fsp3) is 0.467. The molecule has 7 nitrogen and oxygen atoms in total. The number of pyridine rings is 1. The van der Waals surface area contributed by atoms with Crippen LogP contribution in [0.1, 0.15) is 30.3 Å². The number of sulfonamides is 1. The van der Waals surface area contributed by atoms with Gasteiger partial charge in [0.2, 0.25) is 10.0 Å². The van der Waals surface area contributed by atoms with Crippen molar-refractivity contribution in [2.45, 2.75) is 36.8 Å². The van der Waals surface area contributed by atoms with Gasteiger partial charge in [-0.1, -0.05) is 17.7 Å². The van der Waals surface area contributed by atoms with E-state index in [1.807, 2.05) is 0 Å². The maximum absolute atomic E-state index is 12.9. The lowest BCUT2D eigenvalue weighted by Gasteiger charge is -2.37. The van der Waals surface area contributed by atoms with E-state index < -0.39 is 22.2 Å². The topological polar surface area (TPSA) is 97.1 Å². The van der Waals surface area contributed by atoms with Gasteiger partial charge in [-0.25, -0.2) is 13.1 Å². The smallest absolute Gasteiger partial charge is 0.246 e. The van der Waals surface area contributed by atoms with E-state index in [-0.39, 0.29) is 16.0 Å². The fourth-order valence-electron chi connectivity index (χ4n) is 3.00. The Morgan fingerprint density at radius 2 is 2.12 bits per heavy atom. The number of hydrogen-bond acceptors (Lipinski definition) is 5. The second-order valence-electron chi connectivity index (χ2n) is 6.07. The lowest BCUT2D eigenvalue weighted by atomic mass is 9.76. The highest BCUT2D eigenvalue weighted by molar-refractivity contribution is 7.89. The molecule has 1 aliphatic rings. The summed E-state index contributed by atoms with van der Waals surface area (Å²) in [5, 5.41) is 13.7. The number of aliphatic hydroxyl groups excluding tert-OH is 1. The van der Waals surface area contributed by atoms with Crippen molar-refractivity contribution in [2.75, 3.05) is 0 Å². The van der Waals surface area contributed by atoms with E-state index >= 15 is 0 Å². The molecule has 1 atom stereocenters. The van der Waals surface area contributed by atoms with Crippen LogP contribution in [-0.4, -0.2) is 34.4 Å². The molecule has 1 fully saturated rings. The van der Waals surface area contributed by atoms with Crippen molar-refractivity contribution in [3.8, 4) is 0 Å². The molecule has 0 radical (unpaired) electrons. The first-order chi connectivity index (χ1) is 11.3. The van der Waals surface area contributed by atoms with Gasteiger partial charge >= 0.3 is 0 Å². The maximum atomic E-state index is 12.9. The van der Waals surface area contributed by atoms with E-state index in [0.29, 0.717) is 24.2 Å². The van der Waals surface area contributed by atoms with Crippen LogP contribution in [0.25, 0.3) is 0 Å². The van der Waals surface area contributed by atoms with Crippen LogP contribution < -0.4 is 4.72 Å². The third-order valence-corrected chi connectivity index (χ3v) is 6.41. The fourth-order valence-corrected chi connectivity index (χ4v) is 5.03. The molecule has 1 saturated carbocycles. The van der Waals surface area contributed by atoms with Crippen LogP contribution in [0, 0.1) is 12.8 Å². The molecule has 130 valence electrons. The number of aliphatic hydroxyl groups is 1. The summed E-state index contributed by atoms with van der Waals surface area (Å²) in [5.74, 6) is -0.0135. The van der Waals surface area contributed by atoms with E-state index in [9.17, 15) is 13.5 Å². The van der Waals surface area contributed by atoms with E-state index in [4.69, 9.17) is 11.6 Å². The molecule has 0 unspecified atom stereocenters. The quantitative estimate of drug-likeness (QED) is 0.832. The van der Waals surface area contributed by atoms with Crippen molar-refractivity contribution in [3.05, 3.63) is 40.9 Å². The standard InChI is InChI=1S/C15H19ClN4O3S/c1-9-14(15(16)20(2)18-9)24(22,23)19-13(10-7-11(21)8-10)12-5-3-4-6-17-12/h3-6,10-11,13,19,21H,7-8H2,1-2H3/t10?,11?,13-/m1/s1. The van der Waals surface area contributed by atoms with Gasteiger partial charge in [-0.15, -0.1) is 0 Å². The Labute approximate surface area is 145 Å². The summed E-state index contributed by atoms with van der Waals surface area (Å²) in [5.41, 5.74) is 0.957. The van der Waals surface area contributed by atoms with Crippen LogP contribution in [0.15, 0.2) is 29.3 Å². The van der Waals surface area contributed by atoms with Crippen LogP contribution in [0.2, 0.25) is 5.15 Å². The minimum Gasteiger partial charge on any atom is -0.393 e. The number of aromatic nitrogens is 3. The van der Waals surface area contributed by atoms with Gasteiger partial charge in [-0.05, 0) is 37.8 Å². The number of nitrogens with one attached hydrogen (secondary N) is 1. The first-order valence-corrected chi connectivity index (χ1v) is 9.46. The Bertz CT molecular complexity index is 832. The van der Waals surface area contributed by atoms with Crippen LogP contribution in [0.4, 0.5) is 0 Å². The Balaban J connectivity index is 1.95. The van der Waals surface area contributed by atoms with Crippen LogP contribution >= 0.6 is 11.6 Å². The Morgan fingerprint density at radius 1 is 1.42 bits per heavy atom. The average molecular weight is 371 g/mol. The summed E-state index contributed by atoms with van der Waals surface area (Å²) in [6, 6.07) is 4.83. The normalized spacial score (nSPS) is 22.2. The Morgan fingerprint density at radius 3 is 2.62 bits per heavy atom. The molecular formula is C15H19ClN4O3S. The predicted octanol–water partition coefficient (Wildman–Crippen LogP) is 1.57. The zero-order chi connectivity index (χ0) is 17.5. The van der Waals surface area contributed by atoms with Crippen LogP contribution in [0.5, 0.6) is 0 Å². The summed E-state index contributed by atoms with van der Waals surface area (Å²) >= 11 is 6.10. The van der Waals surface area contributed by atoms with Gasteiger partial charge in [-0.3, -0.25) is 9.67 Å². The molecule has 9 heteroatoms. The van der Waals surface area contributed by atoms with E-state index in [2.05, 4.69) is 14.8 Å². The Kier molecular flexibility index (Phi) is 4.65. The summed E-state index contributed by atoms with van der Waals surface area (Å²) in [7, 11) is -2.28. The molecule has 1 aliphatic carbocycles. The van der Waals surface area contributed by atoms with Gasteiger partial charge in [0.05, 0.1) is 23.5 Å². The minimum atomic E-state index is -3.87. The van der Waals surface area contributed by atoms with Crippen molar-refractivity contribution >= 4 is 21.6 Å². The van der Waals surface area contributed by atoms with Crippen molar-refractivity contribution in [1.82, 2.24) is 19.5 Å². The molecule has 2 aromatic heterocycles. The number of aryl methyl sites for hydroxylation is 2. The molecular weight excluding hydrogens is 352 g/mol. The van der Waals surface area contributed by atoms with Crippen molar-refractivity contribution in [3.63, 3.8) is 0 Å². The number of halogens is 1. The summed E-state index contributed by atoms with van der Waals surface area (Å²) in [6.45, 7) is 1.60. The van der Waals surface area contributed by atoms with Gasteiger partial charge in [0.1, 0.15) is 10.0 Å². The molecule has 0 aliphatic heterocycles. The molecule has 0 saturated heterocycles. The predicted molar refractivity (Wildman–Crippen MR) is 89.0 cm³/mol. The highest BCUT2D eigenvalue weighted by Gasteiger charge is 2.39. The van der Waals surface area contributed by atoms with Gasteiger partial charge in [0, 0.05) is 13.2 Å². The van der Waals surface area contributed by atoms with E-state index in [0.717, 1.165) is 0 Å². The molecule has 0 spiro atoms. The summed E-state index contributed by atoms with van der Waals surface area (Å²) in [6.07, 6.45) is 2.29. The number of hydrogen-bond donors (Lipinski definition) is 2. The van der Waals surface area contributed by atoms with Gasteiger partial charge in [0.25, 0.3) is 0 Å². The second kappa shape index (κ2) is 6.44. The SMILES string of the molecule is Cc1nn(C)c(Cl)c1S(=O)(=O)N[C@@H](c1ccccn1)C1CC(O)C1. The van der Waals surface area contributed by atoms with Crippen molar-refractivity contribution in [2.24, 2.45) is 13.0 Å².